The van der Waals surface area contributed by atoms with Crippen molar-refractivity contribution >= 4 is 11.4 Å². The number of quaternary nitrogens is 1. The van der Waals surface area contributed by atoms with Gasteiger partial charge in [-0.3, -0.25) is 0 Å². The molecule has 2 aromatic rings. The molecule has 0 saturated heterocycles. The summed E-state index contributed by atoms with van der Waals surface area (Å²) in [4.78, 5) is 0. The number of nitrogens with two attached hydrogens (primary N) is 1. The van der Waals surface area contributed by atoms with E-state index in [9.17, 15) is 0 Å². The molecule has 0 saturated carbocycles. The molecule has 0 unspecified atom stereocenters. The standard InChI is InChI=1S/C19H26N2/c1-5-16-10-14(7-12(3)18(16)20)9-15-8-13(4)19(21)17(6-2)11-15/h7-8,10-11H,5-6,9,20-21H2,1-4H3/p+1. The first-order valence-electron chi connectivity index (χ1n) is 7.78. The van der Waals surface area contributed by atoms with Gasteiger partial charge in [0, 0.05) is 16.8 Å². The van der Waals surface area contributed by atoms with Crippen molar-refractivity contribution in [3.8, 4) is 0 Å². The molecule has 0 radical (unpaired) electrons. The maximum Gasteiger partial charge on any atom is 0.134 e. The van der Waals surface area contributed by atoms with Crippen molar-refractivity contribution in [2.45, 2.75) is 47.0 Å². The average molecular weight is 283 g/mol. The minimum absolute atomic E-state index is 0.944. The fourth-order valence-electron chi connectivity index (χ4n) is 2.97. The monoisotopic (exact) mass is 283 g/mol. The lowest BCUT2D eigenvalue weighted by molar-refractivity contribution is -0.256. The van der Waals surface area contributed by atoms with E-state index in [1.807, 2.05) is 0 Å². The van der Waals surface area contributed by atoms with Crippen LogP contribution in [0.25, 0.3) is 0 Å². The maximum absolute atomic E-state index is 6.14. The van der Waals surface area contributed by atoms with Gasteiger partial charge in [0.15, 0.2) is 0 Å². The third-order valence-corrected chi connectivity index (χ3v) is 4.33. The highest BCUT2D eigenvalue weighted by molar-refractivity contribution is 5.56. The molecule has 2 nitrogen and oxygen atoms in total. The predicted molar refractivity (Wildman–Crippen MR) is 90.9 cm³/mol. The predicted octanol–water partition coefficient (Wildman–Crippen LogP) is 3.47. The molecule has 0 aliphatic carbocycles. The molecule has 0 aromatic heterocycles. The first-order valence-corrected chi connectivity index (χ1v) is 7.78. The van der Waals surface area contributed by atoms with Gasteiger partial charge in [-0.05, 0) is 67.5 Å². The van der Waals surface area contributed by atoms with E-state index >= 15 is 0 Å². The van der Waals surface area contributed by atoms with E-state index in [-0.39, 0.29) is 0 Å². The van der Waals surface area contributed by atoms with Crippen LogP contribution in [0.3, 0.4) is 0 Å². The largest absolute Gasteiger partial charge is 0.398 e. The van der Waals surface area contributed by atoms with Crippen molar-refractivity contribution < 1.29 is 5.73 Å². The minimum atomic E-state index is 0.944. The van der Waals surface area contributed by atoms with Gasteiger partial charge in [-0.1, -0.05) is 26.0 Å². The molecule has 0 aliphatic heterocycles. The summed E-state index contributed by atoms with van der Waals surface area (Å²) in [5, 5.41) is 0. The van der Waals surface area contributed by atoms with Gasteiger partial charge < -0.3 is 11.5 Å². The average Bonchev–Trinajstić information content (AvgIpc) is 2.46. The maximum atomic E-state index is 6.14. The smallest absolute Gasteiger partial charge is 0.134 e. The molecular weight excluding hydrogens is 256 g/mol. The highest BCUT2D eigenvalue weighted by Gasteiger charge is 2.09. The zero-order valence-corrected chi connectivity index (χ0v) is 13.7. The Morgan fingerprint density at radius 1 is 0.857 bits per heavy atom. The first-order chi connectivity index (χ1) is 9.96. The number of benzene rings is 2. The van der Waals surface area contributed by atoms with Gasteiger partial charge in [0.25, 0.3) is 0 Å². The Balaban J connectivity index is 2.38. The fraction of sp³-hybridized carbons (Fsp3) is 0.368. The Kier molecular flexibility index (Phi) is 4.69. The highest BCUT2D eigenvalue weighted by atomic mass is 14.6. The zero-order valence-electron chi connectivity index (χ0n) is 13.7. The Bertz CT molecular complexity index is 600. The van der Waals surface area contributed by atoms with Crippen LogP contribution in [0.5, 0.6) is 0 Å². The molecule has 0 spiro atoms. The van der Waals surface area contributed by atoms with E-state index in [1.165, 1.54) is 39.1 Å². The Labute approximate surface area is 128 Å². The number of rotatable bonds is 4. The summed E-state index contributed by atoms with van der Waals surface area (Å²) in [6.45, 7) is 8.60. The van der Waals surface area contributed by atoms with E-state index in [4.69, 9.17) is 5.73 Å². The molecule has 2 aromatic carbocycles. The van der Waals surface area contributed by atoms with Crippen molar-refractivity contribution in [3.63, 3.8) is 0 Å². The summed E-state index contributed by atoms with van der Waals surface area (Å²) < 4.78 is 0. The van der Waals surface area contributed by atoms with E-state index in [0.29, 0.717) is 0 Å². The van der Waals surface area contributed by atoms with Crippen LogP contribution in [0.4, 0.5) is 11.4 Å². The third-order valence-electron chi connectivity index (χ3n) is 4.33. The minimum Gasteiger partial charge on any atom is -0.398 e. The van der Waals surface area contributed by atoms with Crippen LogP contribution in [-0.4, -0.2) is 0 Å². The lowest BCUT2D eigenvalue weighted by Crippen LogP contribution is -2.42. The molecule has 2 heteroatoms. The van der Waals surface area contributed by atoms with Crippen LogP contribution in [-0.2, 0) is 19.3 Å². The van der Waals surface area contributed by atoms with E-state index in [1.54, 1.807) is 0 Å². The molecule has 112 valence electrons. The van der Waals surface area contributed by atoms with Crippen LogP contribution in [0.15, 0.2) is 24.3 Å². The normalized spacial score (nSPS) is 10.9. The van der Waals surface area contributed by atoms with Crippen molar-refractivity contribution in [1.29, 1.82) is 0 Å². The number of hydrogen-bond acceptors (Lipinski definition) is 1. The number of aryl methyl sites for hydroxylation is 4. The van der Waals surface area contributed by atoms with Crippen molar-refractivity contribution in [3.05, 3.63) is 57.6 Å². The van der Waals surface area contributed by atoms with Gasteiger partial charge in [0.05, 0.1) is 0 Å². The van der Waals surface area contributed by atoms with Gasteiger partial charge in [0.1, 0.15) is 5.69 Å². The number of anilines is 1. The molecular formula is C19H27N2+. The van der Waals surface area contributed by atoms with Gasteiger partial charge in [-0.2, -0.15) is 0 Å². The van der Waals surface area contributed by atoms with Crippen LogP contribution >= 0.6 is 0 Å². The molecule has 21 heavy (non-hydrogen) atoms. The van der Waals surface area contributed by atoms with E-state index in [0.717, 1.165) is 24.9 Å². The first kappa shape index (κ1) is 15.6. The molecule has 2 rings (SSSR count). The molecule has 0 aliphatic rings. The third kappa shape index (κ3) is 3.27. The second kappa shape index (κ2) is 6.31. The number of hydrogen-bond donors (Lipinski definition) is 2. The van der Waals surface area contributed by atoms with Crippen LogP contribution in [0.1, 0.15) is 47.2 Å². The van der Waals surface area contributed by atoms with Crippen LogP contribution in [0, 0.1) is 13.8 Å². The Morgan fingerprint density at radius 2 is 1.38 bits per heavy atom. The summed E-state index contributed by atoms with van der Waals surface area (Å²) >= 11 is 0. The Morgan fingerprint density at radius 3 is 1.95 bits per heavy atom. The van der Waals surface area contributed by atoms with Crippen LogP contribution in [0.2, 0.25) is 0 Å². The highest BCUT2D eigenvalue weighted by Crippen LogP contribution is 2.24. The van der Waals surface area contributed by atoms with Crippen LogP contribution < -0.4 is 11.5 Å². The lowest BCUT2D eigenvalue weighted by atomic mass is 9.94. The van der Waals surface area contributed by atoms with E-state index < -0.39 is 0 Å². The van der Waals surface area contributed by atoms with E-state index in [2.05, 4.69) is 57.7 Å². The molecule has 0 bridgehead atoms. The second-order valence-corrected chi connectivity index (χ2v) is 5.92. The fourth-order valence-corrected chi connectivity index (χ4v) is 2.97. The van der Waals surface area contributed by atoms with Gasteiger partial charge in [-0.25, -0.2) is 0 Å². The topological polar surface area (TPSA) is 53.7 Å². The molecule has 0 atom stereocenters. The van der Waals surface area contributed by atoms with Gasteiger partial charge >= 0.3 is 0 Å². The molecule has 0 amide bonds. The summed E-state index contributed by atoms with van der Waals surface area (Å²) in [6.07, 6.45) is 2.98. The quantitative estimate of drug-likeness (QED) is 0.829. The zero-order chi connectivity index (χ0) is 15.6. The van der Waals surface area contributed by atoms with Crippen molar-refractivity contribution in [1.82, 2.24) is 0 Å². The van der Waals surface area contributed by atoms with Gasteiger partial charge in [0.2, 0.25) is 0 Å². The molecule has 0 heterocycles. The lowest BCUT2D eigenvalue weighted by Gasteiger charge is -2.12. The van der Waals surface area contributed by atoms with Crippen molar-refractivity contribution in [2.75, 3.05) is 5.73 Å². The summed E-state index contributed by atoms with van der Waals surface area (Å²) in [5.41, 5.74) is 20.2. The second-order valence-electron chi connectivity index (χ2n) is 5.92. The number of nitrogen functional groups attached to an aromatic ring is 1. The molecule has 0 fully saturated rings. The summed E-state index contributed by atoms with van der Waals surface area (Å²) in [6, 6.07) is 9.03. The molecule has 5 N–H and O–H groups in total. The Hall–Kier alpha value is -1.80. The summed E-state index contributed by atoms with van der Waals surface area (Å²) in [5.74, 6) is 0. The van der Waals surface area contributed by atoms with Crippen molar-refractivity contribution in [2.24, 2.45) is 0 Å². The SMILES string of the molecule is CCc1cc(Cc2cc(C)c([NH3+])c(CC)c2)cc(C)c1N. The van der Waals surface area contributed by atoms with Gasteiger partial charge in [-0.15, -0.1) is 0 Å². The summed E-state index contributed by atoms with van der Waals surface area (Å²) in [7, 11) is 0.